The van der Waals surface area contributed by atoms with Crippen LogP contribution in [0.3, 0.4) is 0 Å². The van der Waals surface area contributed by atoms with Gasteiger partial charge in [-0.25, -0.2) is 4.98 Å². The minimum absolute atomic E-state index is 0.00496. The number of rotatable bonds is 3. The lowest BCUT2D eigenvalue weighted by Crippen LogP contribution is -2.13. The topological polar surface area (TPSA) is 109 Å². The van der Waals surface area contributed by atoms with Gasteiger partial charge >= 0.3 is 0 Å². The second-order valence-corrected chi connectivity index (χ2v) is 4.56. The zero-order chi connectivity index (χ0) is 12.6. The summed E-state index contributed by atoms with van der Waals surface area (Å²) in [6, 6.07) is 0. The number of nitrogen functional groups attached to an aromatic ring is 1. The van der Waals surface area contributed by atoms with Gasteiger partial charge in [-0.3, -0.25) is 15.2 Å². The van der Waals surface area contributed by atoms with Crippen molar-refractivity contribution in [1.82, 2.24) is 25.0 Å². The number of aryl methyl sites for hydroxylation is 3. The van der Waals surface area contributed by atoms with Crippen molar-refractivity contribution in [3.8, 4) is 0 Å². The second-order valence-electron chi connectivity index (χ2n) is 3.61. The van der Waals surface area contributed by atoms with Gasteiger partial charge in [-0.2, -0.15) is 5.10 Å². The average molecular weight is 251 g/mol. The summed E-state index contributed by atoms with van der Waals surface area (Å²) in [5.41, 5.74) is 6.93. The van der Waals surface area contributed by atoms with Crippen LogP contribution in [0, 0.1) is 19.3 Å². The molecule has 90 valence electrons. The van der Waals surface area contributed by atoms with E-state index in [1.165, 1.54) is 11.8 Å². The third-order valence-corrected chi connectivity index (χ3v) is 3.23. The van der Waals surface area contributed by atoms with E-state index >= 15 is 0 Å². The molecule has 8 heteroatoms. The predicted molar refractivity (Wildman–Crippen MR) is 64.2 cm³/mol. The molecule has 4 N–H and O–H groups in total. The molecule has 0 atom stereocenters. The van der Waals surface area contributed by atoms with Crippen LogP contribution in [0.1, 0.15) is 17.1 Å². The summed E-state index contributed by atoms with van der Waals surface area (Å²) in [6.07, 6.45) is 0. The summed E-state index contributed by atoms with van der Waals surface area (Å²) in [5.74, 6) is 0.751. The maximum absolute atomic E-state index is 7.56. The number of aromatic nitrogens is 5. The van der Waals surface area contributed by atoms with Gasteiger partial charge in [-0.15, -0.1) is 5.10 Å². The van der Waals surface area contributed by atoms with E-state index in [4.69, 9.17) is 11.1 Å². The van der Waals surface area contributed by atoms with Crippen molar-refractivity contribution in [3.63, 3.8) is 0 Å². The molecule has 2 aromatic heterocycles. The standard InChI is InChI=1S/C9H13N7S/c1-4-6(7(10)11)8(16(3)15-4)17-9-12-5(2)13-14-9/h1-3H3,(H3,10,11)(H,12,13,14). The molecule has 0 saturated heterocycles. The van der Waals surface area contributed by atoms with Gasteiger partial charge in [0.25, 0.3) is 0 Å². The number of nitrogens with two attached hydrogens (primary N) is 1. The van der Waals surface area contributed by atoms with Gasteiger partial charge in [0, 0.05) is 7.05 Å². The van der Waals surface area contributed by atoms with Crippen molar-refractivity contribution >= 4 is 17.6 Å². The monoisotopic (exact) mass is 251 g/mol. The molecule has 0 amide bonds. The first-order valence-electron chi connectivity index (χ1n) is 4.94. The second kappa shape index (κ2) is 4.21. The molecule has 2 heterocycles. The number of hydrogen-bond donors (Lipinski definition) is 3. The van der Waals surface area contributed by atoms with Crippen LogP contribution in [-0.4, -0.2) is 30.8 Å². The Morgan fingerprint density at radius 2 is 2.18 bits per heavy atom. The van der Waals surface area contributed by atoms with E-state index in [2.05, 4.69) is 20.3 Å². The minimum Gasteiger partial charge on any atom is -0.384 e. The number of aromatic amines is 1. The van der Waals surface area contributed by atoms with Crippen LogP contribution in [0.25, 0.3) is 0 Å². The molecule has 0 radical (unpaired) electrons. The number of amidine groups is 1. The molecule has 0 spiro atoms. The highest BCUT2D eigenvalue weighted by Crippen LogP contribution is 2.28. The van der Waals surface area contributed by atoms with E-state index in [1.54, 1.807) is 11.7 Å². The molecule has 0 bridgehead atoms. The Balaban J connectivity index is 2.41. The first-order valence-corrected chi connectivity index (χ1v) is 5.75. The summed E-state index contributed by atoms with van der Waals surface area (Å²) in [6.45, 7) is 3.65. The summed E-state index contributed by atoms with van der Waals surface area (Å²) in [5, 5.41) is 20.0. The largest absolute Gasteiger partial charge is 0.384 e. The molecule has 7 nitrogen and oxygen atoms in total. The molecule has 0 saturated carbocycles. The van der Waals surface area contributed by atoms with E-state index in [-0.39, 0.29) is 5.84 Å². The maximum Gasteiger partial charge on any atom is 0.214 e. The molecular formula is C9H13N7S. The lowest BCUT2D eigenvalue weighted by Gasteiger charge is -2.01. The van der Waals surface area contributed by atoms with Crippen molar-refractivity contribution in [3.05, 3.63) is 17.1 Å². The molecule has 2 rings (SSSR count). The van der Waals surface area contributed by atoms with Crippen molar-refractivity contribution in [2.45, 2.75) is 24.0 Å². The Morgan fingerprint density at radius 3 is 2.71 bits per heavy atom. The quantitative estimate of drug-likeness (QED) is 0.546. The molecule has 0 fully saturated rings. The number of hydrogen-bond acceptors (Lipinski definition) is 5. The van der Waals surface area contributed by atoms with Crippen LogP contribution in [0.5, 0.6) is 0 Å². The molecule has 0 unspecified atom stereocenters. The van der Waals surface area contributed by atoms with E-state index in [9.17, 15) is 0 Å². The number of H-pyrrole nitrogens is 1. The first kappa shape index (κ1) is 11.6. The van der Waals surface area contributed by atoms with Crippen LogP contribution in [0.4, 0.5) is 0 Å². The Kier molecular flexibility index (Phi) is 2.88. The van der Waals surface area contributed by atoms with E-state index in [1.807, 2.05) is 13.8 Å². The van der Waals surface area contributed by atoms with Crippen LogP contribution in [-0.2, 0) is 7.05 Å². The van der Waals surface area contributed by atoms with E-state index in [0.717, 1.165) is 16.5 Å². The number of nitrogens with one attached hydrogen (secondary N) is 2. The normalized spacial score (nSPS) is 10.8. The van der Waals surface area contributed by atoms with Crippen molar-refractivity contribution in [2.24, 2.45) is 12.8 Å². The predicted octanol–water partition coefficient (Wildman–Crippen LogP) is 0.590. The molecule has 2 aromatic rings. The third-order valence-electron chi connectivity index (χ3n) is 2.20. The molecular weight excluding hydrogens is 238 g/mol. The van der Waals surface area contributed by atoms with Crippen molar-refractivity contribution in [2.75, 3.05) is 0 Å². The van der Waals surface area contributed by atoms with Gasteiger partial charge in [0.15, 0.2) is 0 Å². The Bertz CT molecular complexity index is 568. The van der Waals surface area contributed by atoms with Gasteiger partial charge in [0.05, 0.1) is 11.3 Å². The van der Waals surface area contributed by atoms with Gasteiger partial charge < -0.3 is 5.73 Å². The Morgan fingerprint density at radius 1 is 1.47 bits per heavy atom. The molecule has 0 aliphatic carbocycles. The SMILES string of the molecule is Cc1nc(Sc2c(C(=N)N)c(C)nn2C)n[nH]1. The fourth-order valence-corrected chi connectivity index (χ4v) is 2.50. The lowest BCUT2D eigenvalue weighted by molar-refractivity contribution is 0.690. The van der Waals surface area contributed by atoms with Gasteiger partial charge in [-0.1, -0.05) is 0 Å². The number of nitrogens with zero attached hydrogens (tertiary/aromatic N) is 4. The van der Waals surface area contributed by atoms with Gasteiger partial charge in [0.1, 0.15) is 16.7 Å². The van der Waals surface area contributed by atoms with Crippen molar-refractivity contribution in [1.29, 1.82) is 5.41 Å². The molecule has 0 aliphatic heterocycles. The van der Waals surface area contributed by atoms with E-state index < -0.39 is 0 Å². The lowest BCUT2D eigenvalue weighted by atomic mass is 10.2. The van der Waals surface area contributed by atoms with Crippen LogP contribution in [0.2, 0.25) is 0 Å². The highest BCUT2D eigenvalue weighted by Gasteiger charge is 2.18. The third kappa shape index (κ3) is 2.16. The molecule has 0 aliphatic rings. The van der Waals surface area contributed by atoms with Crippen molar-refractivity contribution < 1.29 is 0 Å². The highest BCUT2D eigenvalue weighted by atomic mass is 32.2. The smallest absolute Gasteiger partial charge is 0.214 e. The highest BCUT2D eigenvalue weighted by molar-refractivity contribution is 7.99. The van der Waals surface area contributed by atoms with E-state index in [0.29, 0.717) is 10.7 Å². The zero-order valence-electron chi connectivity index (χ0n) is 9.77. The maximum atomic E-state index is 7.56. The minimum atomic E-state index is 0.00496. The Hall–Kier alpha value is -1.83. The molecule has 17 heavy (non-hydrogen) atoms. The first-order chi connectivity index (χ1) is 7.99. The van der Waals surface area contributed by atoms with Gasteiger partial charge in [-0.05, 0) is 25.6 Å². The van der Waals surface area contributed by atoms with Crippen LogP contribution < -0.4 is 5.73 Å². The fraction of sp³-hybridized carbons (Fsp3) is 0.333. The molecule has 0 aromatic carbocycles. The Labute approximate surface area is 102 Å². The fourth-order valence-electron chi connectivity index (χ4n) is 1.52. The summed E-state index contributed by atoms with van der Waals surface area (Å²) in [7, 11) is 1.81. The zero-order valence-corrected chi connectivity index (χ0v) is 10.6. The van der Waals surface area contributed by atoms with Gasteiger partial charge in [0.2, 0.25) is 5.16 Å². The summed E-state index contributed by atoms with van der Waals surface area (Å²) >= 11 is 1.34. The average Bonchev–Trinajstić information content (AvgIpc) is 2.72. The summed E-state index contributed by atoms with van der Waals surface area (Å²) in [4.78, 5) is 4.20. The van der Waals surface area contributed by atoms with Crippen LogP contribution in [0.15, 0.2) is 10.2 Å². The van der Waals surface area contributed by atoms with Crippen LogP contribution >= 0.6 is 11.8 Å². The summed E-state index contributed by atoms with van der Waals surface area (Å²) < 4.78 is 1.68.